The molecule has 0 aromatic rings. The third-order valence-electron chi connectivity index (χ3n) is 2.53. The molecular formula is C11H25NOS. The summed E-state index contributed by atoms with van der Waals surface area (Å²) in [4.78, 5) is 0. The molecule has 86 valence electrons. The molecule has 0 bridgehead atoms. The molecule has 1 unspecified atom stereocenters. The Morgan fingerprint density at radius 1 is 1.36 bits per heavy atom. The number of nitrogens with two attached hydrogens (primary N) is 1. The van der Waals surface area contributed by atoms with Gasteiger partial charge in [0.15, 0.2) is 0 Å². The highest BCUT2D eigenvalue weighted by Crippen LogP contribution is 2.29. The smallest absolute Gasteiger partial charge is 0.0942 e. The Bertz CT molecular complexity index is 171. The Labute approximate surface area is 91.2 Å². The summed E-state index contributed by atoms with van der Waals surface area (Å²) in [5.74, 6) is 1.13. The van der Waals surface area contributed by atoms with Gasteiger partial charge in [-0.25, -0.2) is 4.21 Å². The van der Waals surface area contributed by atoms with E-state index in [4.69, 9.17) is 5.14 Å². The van der Waals surface area contributed by atoms with Crippen LogP contribution < -0.4 is 5.14 Å². The second-order valence-electron chi connectivity index (χ2n) is 5.00. The van der Waals surface area contributed by atoms with Gasteiger partial charge in [-0.15, -0.1) is 0 Å². The maximum absolute atomic E-state index is 10.4. The van der Waals surface area contributed by atoms with E-state index in [2.05, 4.69) is 6.92 Å². The van der Waals surface area contributed by atoms with Gasteiger partial charge >= 0.3 is 0 Å². The molecule has 1 aliphatic rings. The van der Waals surface area contributed by atoms with Crippen LogP contribution in [0.2, 0.25) is 0 Å². The average Bonchev–Trinajstić information content (AvgIpc) is 1.96. The van der Waals surface area contributed by atoms with Crippen LogP contribution in [0.15, 0.2) is 0 Å². The zero-order chi connectivity index (χ0) is 11.2. The van der Waals surface area contributed by atoms with Crippen molar-refractivity contribution < 1.29 is 4.21 Å². The molecular weight excluding hydrogens is 194 g/mol. The molecule has 1 fully saturated rings. The molecule has 0 aromatic heterocycles. The minimum atomic E-state index is -1.18. The van der Waals surface area contributed by atoms with Crippen LogP contribution in [0.3, 0.4) is 0 Å². The van der Waals surface area contributed by atoms with Gasteiger partial charge in [-0.1, -0.05) is 39.0 Å². The number of rotatable bonds is 2. The molecule has 0 amide bonds. The molecule has 1 aliphatic carbocycles. The Morgan fingerprint density at radius 2 is 1.79 bits per heavy atom. The van der Waals surface area contributed by atoms with E-state index in [0.717, 1.165) is 5.92 Å². The Hall–Kier alpha value is 0.110. The maximum Gasteiger partial charge on any atom is 0.0942 e. The van der Waals surface area contributed by atoms with E-state index < -0.39 is 11.0 Å². The molecule has 0 radical (unpaired) electrons. The van der Waals surface area contributed by atoms with Crippen molar-refractivity contribution in [1.82, 2.24) is 0 Å². The fraction of sp³-hybridized carbons (Fsp3) is 1.00. The zero-order valence-electron chi connectivity index (χ0n) is 10.0. The highest BCUT2D eigenvalue weighted by Gasteiger charge is 2.15. The van der Waals surface area contributed by atoms with E-state index in [0.29, 0.717) is 0 Å². The largest absolute Gasteiger partial charge is 0.251 e. The van der Waals surface area contributed by atoms with Gasteiger partial charge in [-0.05, 0) is 26.7 Å². The summed E-state index contributed by atoms with van der Waals surface area (Å²) in [6.45, 7) is 7.79. The molecule has 14 heavy (non-hydrogen) atoms. The van der Waals surface area contributed by atoms with Crippen molar-refractivity contribution in [2.75, 3.05) is 0 Å². The van der Waals surface area contributed by atoms with Crippen LogP contribution in [0.1, 0.15) is 59.8 Å². The first-order valence-electron chi connectivity index (χ1n) is 5.54. The number of hydrogen-bond donors (Lipinski definition) is 1. The van der Waals surface area contributed by atoms with E-state index in [9.17, 15) is 4.21 Å². The second kappa shape index (κ2) is 6.57. The molecule has 2 N–H and O–H groups in total. The third-order valence-corrected chi connectivity index (χ3v) is 3.73. The van der Waals surface area contributed by atoms with Crippen LogP contribution in [0.5, 0.6) is 0 Å². The predicted molar refractivity (Wildman–Crippen MR) is 64.3 cm³/mol. The lowest BCUT2D eigenvalue weighted by atomic mass is 9.82. The first-order chi connectivity index (χ1) is 6.38. The predicted octanol–water partition coefficient (Wildman–Crippen LogP) is 2.99. The third kappa shape index (κ3) is 6.55. The Kier molecular flexibility index (Phi) is 6.62. The van der Waals surface area contributed by atoms with Gasteiger partial charge in [0.05, 0.1) is 15.7 Å². The minimum absolute atomic E-state index is 0.250. The summed E-state index contributed by atoms with van der Waals surface area (Å²) in [5.41, 5.74) is 0. The van der Waals surface area contributed by atoms with E-state index in [-0.39, 0.29) is 4.75 Å². The summed E-state index contributed by atoms with van der Waals surface area (Å²) < 4.78 is 10.1. The molecule has 0 saturated heterocycles. The molecule has 1 rings (SSSR count). The lowest BCUT2D eigenvalue weighted by Gasteiger charge is -2.24. The van der Waals surface area contributed by atoms with Gasteiger partial charge in [0, 0.05) is 0 Å². The van der Waals surface area contributed by atoms with E-state index in [1.807, 2.05) is 20.8 Å². The Balaban J connectivity index is 0.000000241. The Morgan fingerprint density at radius 3 is 1.86 bits per heavy atom. The molecule has 1 saturated carbocycles. The van der Waals surface area contributed by atoms with Gasteiger partial charge in [-0.2, -0.15) is 0 Å². The normalized spacial score (nSPS) is 19.2. The molecule has 0 spiro atoms. The second-order valence-corrected chi connectivity index (χ2v) is 6.81. The average molecular weight is 219 g/mol. The summed E-state index contributed by atoms with van der Waals surface area (Å²) in [6.07, 6.45) is 7.43. The van der Waals surface area contributed by atoms with Crippen molar-refractivity contribution in [2.24, 2.45) is 11.1 Å². The van der Waals surface area contributed by atoms with Gasteiger partial charge in [-0.3, -0.25) is 5.14 Å². The van der Waals surface area contributed by atoms with Crippen LogP contribution in [0, 0.1) is 5.92 Å². The maximum atomic E-state index is 10.4. The summed E-state index contributed by atoms with van der Waals surface area (Å²) >= 11 is 0. The first kappa shape index (κ1) is 14.1. The van der Waals surface area contributed by atoms with Crippen molar-refractivity contribution in [2.45, 2.75) is 64.5 Å². The van der Waals surface area contributed by atoms with Crippen molar-refractivity contribution in [3.63, 3.8) is 0 Å². The summed E-state index contributed by atoms with van der Waals surface area (Å²) in [7, 11) is -1.18. The number of hydrogen-bond acceptors (Lipinski definition) is 1. The quantitative estimate of drug-likeness (QED) is 0.762. The summed E-state index contributed by atoms with van der Waals surface area (Å²) in [5, 5.41) is 5.04. The van der Waals surface area contributed by atoms with Crippen molar-refractivity contribution in [1.29, 1.82) is 0 Å². The van der Waals surface area contributed by atoms with Crippen molar-refractivity contribution >= 4 is 11.0 Å². The van der Waals surface area contributed by atoms with Gasteiger partial charge in [0.2, 0.25) is 0 Å². The molecule has 2 nitrogen and oxygen atoms in total. The highest BCUT2D eigenvalue weighted by atomic mass is 32.2. The van der Waals surface area contributed by atoms with Gasteiger partial charge in [0.25, 0.3) is 0 Å². The lowest BCUT2D eigenvalue weighted by Crippen LogP contribution is -2.27. The topological polar surface area (TPSA) is 43.1 Å². The van der Waals surface area contributed by atoms with E-state index in [1.54, 1.807) is 0 Å². The molecule has 3 heteroatoms. The minimum Gasteiger partial charge on any atom is -0.251 e. The fourth-order valence-electron chi connectivity index (χ4n) is 1.19. The van der Waals surface area contributed by atoms with E-state index >= 15 is 0 Å². The molecule has 1 atom stereocenters. The monoisotopic (exact) mass is 219 g/mol. The molecule has 0 aliphatic heterocycles. The van der Waals surface area contributed by atoms with Gasteiger partial charge in [0.1, 0.15) is 0 Å². The van der Waals surface area contributed by atoms with Crippen LogP contribution >= 0.6 is 0 Å². The standard InChI is InChI=1S/C7H14.C4H11NOS/c1-2-4-7-5-3-6-7;1-4(2,3)7(5)6/h7H,2-6H2,1H3;5H2,1-3H3. The highest BCUT2D eigenvalue weighted by molar-refractivity contribution is 7.84. The van der Waals surface area contributed by atoms with Gasteiger partial charge < -0.3 is 0 Å². The SMILES string of the molecule is CC(C)(C)S(N)=O.CCCC1CCC1. The fourth-order valence-corrected chi connectivity index (χ4v) is 1.19. The van der Waals surface area contributed by atoms with Crippen molar-refractivity contribution in [3.8, 4) is 0 Å². The van der Waals surface area contributed by atoms with Crippen LogP contribution in [0.25, 0.3) is 0 Å². The van der Waals surface area contributed by atoms with Crippen LogP contribution in [-0.4, -0.2) is 8.96 Å². The molecule has 0 heterocycles. The first-order valence-corrected chi connectivity index (χ1v) is 6.75. The van der Waals surface area contributed by atoms with Crippen LogP contribution in [-0.2, 0) is 11.0 Å². The van der Waals surface area contributed by atoms with Crippen molar-refractivity contribution in [3.05, 3.63) is 0 Å². The van der Waals surface area contributed by atoms with E-state index in [1.165, 1.54) is 32.1 Å². The zero-order valence-corrected chi connectivity index (χ0v) is 10.8. The van der Waals surface area contributed by atoms with Crippen LogP contribution in [0.4, 0.5) is 0 Å². The lowest BCUT2D eigenvalue weighted by molar-refractivity contribution is 0.294. The molecule has 0 aromatic carbocycles. The summed E-state index contributed by atoms with van der Waals surface area (Å²) in [6, 6.07) is 0.